The van der Waals surface area contributed by atoms with Crippen molar-refractivity contribution in [2.45, 2.75) is 26.2 Å². The fourth-order valence-electron chi connectivity index (χ4n) is 1.61. The van der Waals surface area contributed by atoms with Gasteiger partial charge in [-0.05, 0) is 12.8 Å². The molecule has 0 aromatic heterocycles. The van der Waals surface area contributed by atoms with Gasteiger partial charge in [-0.15, -0.1) is 0 Å². The Labute approximate surface area is 85.9 Å². The molecule has 76 valence electrons. The van der Waals surface area contributed by atoms with Crippen LogP contribution in [0.5, 0.6) is 0 Å². The second-order valence-electron chi connectivity index (χ2n) is 3.47. The van der Waals surface area contributed by atoms with Crippen molar-refractivity contribution in [3.63, 3.8) is 0 Å². The zero-order valence-corrected chi connectivity index (χ0v) is 8.74. The third-order valence-electron chi connectivity index (χ3n) is 2.30. The molecule has 0 saturated heterocycles. The number of allylic oxidation sites excluding steroid dienone is 3. The second-order valence-corrected chi connectivity index (χ2v) is 3.47. The van der Waals surface area contributed by atoms with E-state index in [2.05, 4.69) is 36.7 Å². The largest absolute Gasteiger partial charge is 0.387 e. The fraction of sp³-hybridized carbons (Fsp3) is 0.417. The van der Waals surface area contributed by atoms with E-state index < -0.39 is 0 Å². The highest BCUT2D eigenvalue weighted by molar-refractivity contribution is 5.85. The highest BCUT2D eigenvalue weighted by Crippen LogP contribution is 2.20. The van der Waals surface area contributed by atoms with Crippen LogP contribution in [0.2, 0.25) is 0 Å². The Morgan fingerprint density at radius 2 is 2.57 bits per heavy atom. The summed E-state index contributed by atoms with van der Waals surface area (Å²) in [6.07, 6.45) is 11.3. The summed E-state index contributed by atoms with van der Waals surface area (Å²) in [6, 6.07) is 0. The molecule has 2 heteroatoms. The summed E-state index contributed by atoms with van der Waals surface area (Å²) in [4.78, 5) is 4.02. The lowest BCUT2D eigenvalue weighted by Gasteiger charge is -2.15. The van der Waals surface area contributed by atoms with Gasteiger partial charge in [-0.25, -0.2) is 4.99 Å². The molecule has 0 spiro atoms. The molecular formula is C12H18N2. The molecule has 0 saturated carbocycles. The van der Waals surface area contributed by atoms with Crippen molar-refractivity contribution in [3.8, 4) is 0 Å². The zero-order chi connectivity index (χ0) is 10.4. The molecule has 1 unspecified atom stereocenters. The molecule has 2 N–H and O–H groups in total. The molecule has 2 nitrogen and oxygen atoms in total. The number of rotatable bonds is 4. The summed E-state index contributed by atoms with van der Waals surface area (Å²) in [5, 5.41) is 0. The normalized spacial score (nSPS) is 21.9. The van der Waals surface area contributed by atoms with Gasteiger partial charge in [0.1, 0.15) is 5.84 Å². The first-order valence-corrected chi connectivity index (χ1v) is 5.09. The molecule has 1 aliphatic rings. The highest BCUT2D eigenvalue weighted by Gasteiger charge is 2.12. The van der Waals surface area contributed by atoms with Crippen LogP contribution >= 0.6 is 0 Å². The molecule has 0 aromatic rings. The summed E-state index contributed by atoms with van der Waals surface area (Å²) in [6.45, 7) is 5.72. The van der Waals surface area contributed by atoms with Gasteiger partial charge in [0.05, 0.1) is 0 Å². The van der Waals surface area contributed by atoms with E-state index in [1.807, 2.05) is 0 Å². The van der Waals surface area contributed by atoms with Gasteiger partial charge in [-0.1, -0.05) is 43.7 Å². The Morgan fingerprint density at radius 1 is 1.79 bits per heavy atom. The van der Waals surface area contributed by atoms with E-state index in [9.17, 15) is 0 Å². The van der Waals surface area contributed by atoms with Gasteiger partial charge in [0.15, 0.2) is 0 Å². The molecule has 0 bridgehead atoms. The van der Waals surface area contributed by atoms with E-state index in [-0.39, 0.29) is 5.92 Å². The van der Waals surface area contributed by atoms with Crippen LogP contribution in [0.3, 0.4) is 0 Å². The van der Waals surface area contributed by atoms with E-state index in [4.69, 9.17) is 5.73 Å². The highest BCUT2D eigenvalue weighted by atomic mass is 14.8. The average molecular weight is 190 g/mol. The minimum Gasteiger partial charge on any atom is -0.387 e. The minimum absolute atomic E-state index is 0.263. The monoisotopic (exact) mass is 190 g/mol. The first-order valence-electron chi connectivity index (χ1n) is 5.09. The first kappa shape index (κ1) is 10.8. The topological polar surface area (TPSA) is 38.4 Å². The molecule has 1 rings (SSSR count). The maximum Gasteiger partial charge on any atom is 0.106 e. The number of amidine groups is 1. The van der Waals surface area contributed by atoms with Crippen LogP contribution in [0.4, 0.5) is 0 Å². The lowest BCUT2D eigenvalue weighted by atomic mass is 9.93. The van der Waals surface area contributed by atoms with E-state index >= 15 is 0 Å². The molecule has 0 radical (unpaired) electrons. The van der Waals surface area contributed by atoms with Crippen LogP contribution in [0.1, 0.15) is 26.2 Å². The van der Waals surface area contributed by atoms with Crippen molar-refractivity contribution in [3.05, 3.63) is 36.6 Å². The summed E-state index contributed by atoms with van der Waals surface area (Å²) in [5.74, 6) is 0.928. The fourth-order valence-corrected chi connectivity index (χ4v) is 1.61. The molecule has 0 amide bonds. The lowest BCUT2D eigenvalue weighted by molar-refractivity contribution is 0.817. The predicted octanol–water partition coefficient (Wildman–Crippen LogP) is 2.79. The van der Waals surface area contributed by atoms with E-state index in [0.29, 0.717) is 5.84 Å². The first-order chi connectivity index (χ1) is 6.77. The number of aliphatic imine (C=N–C) groups is 1. The van der Waals surface area contributed by atoms with Gasteiger partial charge in [0.2, 0.25) is 0 Å². The standard InChI is InChI=1S/C12H18N2/c1-3-6-10-7-5-8-11(9-10)12(13)14-4-2/h4-5,7,9,11H,2-3,6,8H2,1H3,(H2,13,14). The summed E-state index contributed by atoms with van der Waals surface area (Å²) in [7, 11) is 0. The van der Waals surface area contributed by atoms with Crippen LogP contribution in [0.15, 0.2) is 41.6 Å². The molecule has 0 fully saturated rings. The number of hydrogen-bond acceptors (Lipinski definition) is 1. The Morgan fingerprint density at radius 3 is 3.21 bits per heavy atom. The molecule has 0 aliphatic heterocycles. The molecule has 14 heavy (non-hydrogen) atoms. The van der Waals surface area contributed by atoms with Crippen LogP contribution in [-0.2, 0) is 0 Å². The van der Waals surface area contributed by atoms with Gasteiger partial charge >= 0.3 is 0 Å². The van der Waals surface area contributed by atoms with Crippen LogP contribution < -0.4 is 5.73 Å². The third kappa shape index (κ3) is 2.87. The van der Waals surface area contributed by atoms with Gasteiger partial charge in [-0.3, -0.25) is 0 Å². The molecule has 1 atom stereocenters. The summed E-state index contributed by atoms with van der Waals surface area (Å²) >= 11 is 0. The maximum atomic E-state index is 5.82. The maximum absolute atomic E-state index is 5.82. The van der Waals surface area contributed by atoms with Gasteiger partial charge in [0, 0.05) is 12.1 Å². The zero-order valence-electron chi connectivity index (χ0n) is 8.74. The third-order valence-corrected chi connectivity index (χ3v) is 2.30. The van der Waals surface area contributed by atoms with Crippen LogP contribution in [0.25, 0.3) is 0 Å². The minimum atomic E-state index is 0.263. The lowest BCUT2D eigenvalue weighted by Crippen LogP contribution is -2.22. The van der Waals surface area contributed by atoms with Crippen LogP contribution in [-0.4, -0.2) is 5.84 Å². The smallest absolute Gasteiger partial charge is 0.106 e. The Balaban J connectivity index is 2.69. The van der Waals surface area contributed by atoms with Crippen LogP contribution in [0, 0.1) is 5.92 Å². The van der Waals surface area contributed by atoms with E-state index in [1.54, 1.807) is 0 Å². The van der Waals surface area contributed by atoms with Crippen molar-refractivity contribution in [1.82, 2.24) is 0 Å². The molecular weight excluding hydrogens is 172 g/mol. The van der Waals surface area contributed by atoms with Crippen molar-refractivity contribution in [2.75, 3.05) is 0 Å². The molecule has 0 aromatic carbocycles. The number of nitrogens with two attached hydrogens (primary N) is 1. The average Bonchev–Trinajstić information content (AvgIpc) is 2.19. The van der Waals surface area contributed by atoms with Gasteiger partial charge in [-0.2, -0.15) is 0 Å². The predicted molar refractivity (Wildman–Crippen MR) is 62.1 cm³/mol. The number of hydrogen-bond donors (Lipinski definition) is 1. The van der Waals surface area contributed by atoms with Gasteiger partial charge < -0.3 is 5.73 Å². The Hall–Kier alpha value is -1.31. The van der Waals surface area contributed by atoms with Crippen molar-refractivity contribution in [1.29, 1.82) is 0 Å². The van der Waals surface area contributed by atoms with Crippen molar-refractivity contribution < 1.29 is 0 Å². The van der Waals surface area contributed by atoms with Crippen molar-refractivity contribution in [2.24, 2.45) is 16.6 Å². The van der Waals surface area contributed by atoms with E-state index in [1.165, 1.54) is 18.2 Å². The Kier molecular flexibility index (Phi) is 4.17. The van der Waals surface area contributed by atoms with Gasteiger partial charge in [0.25, 0.3) is 0 Å². The molecule has 1 aliphatic carbocycles. The number of nitrogens with zero attached hydrogens (tertiary/aromatic N) is 1. The quantitative estimate of drug-likeness (QED) is 0.537. The summed E-state index contributed by atoms with van der Waals surface area (Å²) in [5.41, 5.74) is 7.18. The Bertz CT molecular complexity index is 285. The van der Waals surface area contributed by atoms with Crippen molar-refractivity contribution >= 4 is 5.84 Å². The van der Waals surface area contributed by atoms with E-state index in [0.717, 1.165) is 12.8 Å². The summed E-state index contributed by atoms with van der Waals surface area (Å²) < 4.78 is 0. The SMILES string of the molecule is C=CN=C(N)C1C=C(CCC)C=CC1. The molecule has 0 heterocycles. The second kappa shape index (κ2) is 5.43.